The van der Waals surface area contributed by atoms with Crippen LogP contribution in [0.2, 0.25) is 0 Å². The predicted molar refractivity (Wildman–Crippen MR) is 125 cm³/mol. The number of benzene rings is 2. The highest BCUT2D eigenvalue weighted by Crippen LogP contribution is 2.33. The number of sulfonamides is 1. The van der Waals surface area contributed by atoms with Gasteiger partial charge in [0.15, 0.2) is 0 Å². The molecule has 2 aromatic carbocycles. The fourth-order valence-electron chi connectivity index (χ4n) is 3.44. The van der Waals surface area contributed by atoms with Crippen LogP contribution in [0, 0.1) is 6.92 Å². The number of rotatable bonds is 7. The van der Waals surface area contributed by atoms with Crippen LogP contribution in [0.1, 0.15) is 19.4 Å². The van der Waals surface area contributed by atoms with Gasteiger partial charge in [-0.1, -0.05) is 17.4 Å². The molecule has 0 bridgehead atoms. The third kappa shape index (κ3) is 4.59. The van der Waals surface area contributed by atoms with Crippen LogP contribution < -0.4 is 19.2 Å². The van der Waals surface area contributed by atoms with E-state index in [1.807, 2.05) is 13.8 Å². The first-order valence-electron chi connectivity index (χ1n) is 9.65. The maximum absolute atomic E-state index is 13.0. The molecule has 0 aliphatic rings. The lowest BCUT2D eigenvalue weighted by Crippen LogP contribution is -2.45. The van der Waals surface area contributed by atoms with Crippen LogP contribution in [-0.2, 0) is 21.4 Å². The van der Waals surface area contributed by atoms with Crippen LogP contribution in [0.3, 0.4) is 0 Å². The van der Waals surface area contributed by atoms with E-state index in [9.17, 15) is 18.0 Å². The van der Waals surface area contributed by atoms with Gasteiger partial charge in [-0.15, -0.1) is 0 Å². The molecular weight excluding hydrogens is 438 g/mol. The number of carbonyl (C=O) groups is 1. The van der Waals surface area contributed by atoms with E-state index in [0.717, 1.165) is 37.7 Å². The Morgan fingerprint density at radius 3 is 2.58 bits per heavy atom. The van der Waals surface area contributed by atoms with E-state index in [2.05, 4.69) is 5.32 Å². The Morgan fingerprint density at radius 2 is 1.97 bits per heavy atom. The maximum Gasteiger partial charge on any atom is 0.308 e. The summed E-state index contributed by atoms with van der Waals surface area (Å²) in [7, 11) is -2.35. The number of hydrogen-bond acceptors (Lipinski definition) is 6. The number of methoxy groups -OCH3 is 1. The number of aromatic nitrogens is 1. The van der Waals surface area contributed by atoms with Gasteiger partial charge in [0.05, 0.1) is 29.3 Å². The second-order valence-electron chi connectivity index (χ2n) is 7.19. The minimum Gasteiger partial charge on any atom is -0.495 e. The van der Waals surface area contributed by atoms with Gasteiger partial charge in [0.25, 0.3) is 0 Å². The Morgan fingerprint density at radius 1 is 1.26 bits per heavy atom. The Labute approximate surface area is 185 Å². The smallest absolute Gasteiger partial charge is 0.308 e. The number of carbonyl (C=O) groups excluding carboxylic acids is 1. The SMILES string of the molecule is CCn1c(=O)sc2cc(NC(=O)C(C)N(c3cc(C)ccc3OC)S(C)(=O)=O)ccc21. The van der Waals surface area contributed by atoms with Crippen molar-refractivity contribution >= 4 is 48.9 Å². The Balaban J connectivity index is 1.95. The van der Waals surface area contributed by atoms with Gasteiger partial charge in [-0.25, -0.2) is 8.42 Å². The molecular formula is C21H25N3O5S2. The standard InChI is InChI=1S/C21H25N3O5S2/c1-6-23-16-9-8-15(12-19(16)30-21(23)26)22-20(25)14(3)24(31(5,27)28)17-11-13(2)7-10-18(17)29-4/h7-12,14H,6H2,1-5H3,(H,22,25). The number of ether oxygens (including phenoxy) is 1. The molecule has 31 heavy (non-hydrogen) atoms. The zero-order valence-electron chi connectivity index (χ0n) is 18.0. The second-order valence-corrected chi connectivity index (χ2v) is 10.0. The van der Waals surface area contributed by atoms with Gasteiger partial charge in [0.2, 0.25) is 15.9 Å². The van der Waals surface area contributed by atoms with Crippen molar-refractivity contribution in [1.29, 1.82) is 0 Å². The maximum atomic E-state index is 13.0. The van der Waals surface area contributed by atoms with Crippen LogP contribution >= 0.6 is 11.3 Å². The molecule has 3 rings (SSSR count). The normalized spacial score (nSPS) is 12.5. The van der Waals surface area contributed by atoms with Crippen molar-refractivity contribution in [3.63, 3.8) is 0 Å². The molecule has 8 nitrogen and oxygen atoms in total. The molecule has 0 radical (unpaired) electrons. The van der Waals surface area contributed by atoms with Crippen LogP contribution in [0.25, 0.3) is 10.2 Å². The molecule has 0 aliphatic carbocycles. The summed E-state index contributed by atoms with van der Waals surface area (Å²) in [5, 5.41) is 2.76. The molecule has 0 fully saturated rings. The molecule has 0 spiro atoms. The van der Waals surface area contributed by atoms with Gasteiger partial charge in [-0.05, 0) is 56.7 Å². The highest BCUT2D eigenvalue weighted by molar-refractivity contribution is 7.92. The highest BCUT2D eigenvalue weighted by atomic mass is 32.2. The van der Waals surface area contributed by atoms with Gasteiger partial charge in [-0.3, -0.25) is 18.5 Å². The Kier molecular flexibility index (Phi) is 6.42. The zero-order chi connectivity index (χ0) is 22.9. The zero-order valence-corrected chi connectivity index (χ0v) is 19.6. The summed E-state index contributed by atoms with van der Waals surface area (Å²) in [4.78, 5) is 25.0. The Hall–Kier alpha value is -2.85. The minimum atomic E-state index is -3.79. The quantitative estimate of drug-likeness (QED) is 0.580. The number of anilines is 2. The summed E-state index contributed by atoms with van der Waals surface area (Å²) < 4.78 is 34.0. The van der Waals surface area contributed by atoms with Crippen LogP contribution in [0.15, 0.2) is 41.2 Å². The molecule has 0 saturated carbocycles. The summed E-state index contributed by atoms with van der Waals surface area (Å²) in [6, 6.07) is 9.29. The third-order valence-corrected chi connectivity index (χ3v) is 7.08. The summed E-state index contributed by atoms with van der Waals surface area (Å²) in [5.41, 5.74) is 2.41. The van der Waals surface area contributed by atoms with Gasteiger partial charge in [-0.2, -0.15) is 0 Å². The number of hydrogen-bond donors (Lipinski definition) is 1. The molecule has 1 heterocycles. The summed E-state index contributed by atoms with van der Waals surface area (Å²) in [6.45, 7) is 5.80. The molecule has 0 aliphatic heterocycles. The molecule has 3 aromatic rings. The number of thiazole rings is 1. The van der Waals surface area contributed by atoms with Crippen molar-refractivity contribution in [2.24, 2.45) is 0 Å². The van der Waals surface area contributed by atoms with E-state index in [1.165, 1.54) is 14.0 Å². The fraction of sp³-hybridized carbons (Fsp3) is 0.333. The summed E-state index contributed by atoms with van der Waals surface area (Å²) in [5.74, 6) is -0.154. The molecule has 166 valence electrons. The van der Waals surface area contributed by atoms with Crippen molar-refractivity contribution in [2.45, 2.75) is 33.4 Å². The lowest BCUT2D eigenvalue weighted by Gasteiger charge is -2.29. The van der Waals surface area contributed by atoms with Gasteiger partial charge in [0, 0.05) is 12.2 Å². The summed E-state index contributed by atoms with van der Waals surface area (Å²) >= 11 is 1.10. The molecule has 1 atom stereocenters. The van der Waals surface area contributed by atoms with Crippen LogP contribution in [0.5, 0.6) is 5.75 Å². The van der Waals surface area contributed by atoms with E-state index >= 15 is 0 Å². The number of nitrogens with zero attached hydrogens (tertiary/aromatic N) is 2. The molecule has 1 aromatic heterocycles. The van der Waals surface area contributed by atoms with E-state index in [0.29, 0.717) is 23.7 Å². The van der Waals surface area contributed by atoms with E-state index in [1.54, 1.807) is 41.0 Å². The van der Waals surface area contributed by atoms with Crippen LogP contribution in [-0.4, -0.2) is 38.3 Å². The molecule has 10 heteroatoms. The first-order chi connectivity index (χ1) is 14.6. The number of fused-ring (bicyclic) bond motifs is 1. The molecule has 0 saturated heterocycles. The monoisotopic (exact) mass is 463 g/mol. The highest BCUT2D eigenvalue weighted by Gasteiger charge is 2.31. The first-order valence-corrected chi connectivity index (χ1v) is 12.3. The predicted octanol–water partition coefficient (Wildman–Crippen LogP) is 3.19. The van der Waals surface area contributed by atoms with Gasteiger partial charge in [0.1, 0.15) is 11.8 Å². The number of amides is 1. The number of aryl methyl sites for hydroxylation is 2. The average Bonchev–Trinajstić information content (AvgIpc) is 3.01. The minimum absolute atomic E-state index is 0.0656. The Bertz CT molecular complexity index is 1290. The van der Waals surface area contributed by atoms with Crippen molar-refractivity contribution in [3.05, 3.63) is 51.6 Å². The number of nitrogens with one attached hydrogen (secondary N) is 1. The average molecular weight is 464 g/mol. The largest absolute Gasteiger partial charge is 0.495 e. The van der Waals surface area contributed by atoms with E-state index < -0.39 is 22.0 Å². The van der Waals surface area contributed by atoms with Crippen molar-refractivity contribution in [3.8, 4) is 5.75 Å². The molecule has 1 N–H and O–H groups in total. The lowest BCUT2D eigenvalue weighted by molar-refractivity contribution is -0.116. The van der Waals surface area contributed by atoms with Crippen LogP contribution in [0.4, 0.5) is 11.4 Å². The lowest BCUT2D eigenvalue weighted by atomic mass is 10.2. The topological polar surface area (TPSA) is 97.7 Å². The van der Waals surface area contributed by atoms with E-state index in [-0.39, 0.29) is 4.87 Å². The van der Waals surface area contributed by atoms with Crippen molar-refractivity contribution in [1.82, 2.24) is 4.57 Å². The third-order valence-electron chi connectivity index (χ3n) is 4.91. The van der Waals surface area contributed by atoms with E-state index in [4.69, 9.17) is 4.74 Å². The fourth-order valence-corrected chi connectivity index (χ4v) is 5.61. The van der Waals surface area contributed by atoms with Gasteiger partial charge < -0.3 is 10.1 Å². The molecule has 1 amide bonds. The van der Waals surface area contributed by atoms with Crippen molar-refractivity contribution in [2.75, 3.05) is 23.0 Å². The first kappa shape index (κ1) is 22.8. The second kappa shape index (κ2) is 8.72. The summed E-state index contributed by atoms with van der Waals surface area (Å²) in [6.07, 6.45) is 1.05. The molecule has 1 unspecified atom stereocenters. The van der Waals surface area contributed by atoms with Gasteiger partial charge >= 0.3 is 4.87 Å². The van der Waals surface area contributed by atoms with Crippen molar-refractivity contribution < 1.29 is 17.9 Å².